The van der Waals surface area contributed by atoms with Gasteiger partial charge in [-0.25, -0.2) is 9.78 Å². The molecule has 0 atom stereocenters. The maximum absolute atomic E-state index is 11.7. The second kappa shape index (κ2) is 8.63. The van der Waals surface area contributed by atoms with Crippen molar-refractivity contribution in [2.75, 3.05) is 13.2 Å². The molecule has 2 aromatic carbocycles. The van der Waals surface area contributed by atoms with Crippen LogP contribution in [0.2, 0.25) is 0 Å². The minimum atomic E-state index is -0.505. The number of esters is 1. The van der Waals surface area contributed by atoms with Gasteiger partial charge in [0, 0.05) is 11.1 Å². The van der Waals surface area contributed by atoms with Crippen molar-refractivity contribution in [3.8, 4) is 34.3 Å². The van der Waals surface area contributed by atoms with Gasteiger partial charge in [-0.05, 0) is 18.6 Å². The number of carbonyl (C=O) groups excluding carboxylic acids is 1. The second-order valence-corrected chi connectivity index (χ2v) is 5.67. The van der Waals surface area contributed by atoms with Gasteiger partial charge in [-0.1, -0.05) is 60.7 Å². The Morgan fingerprint density at radius 1 is 1.04 bits per heavy atom. The molecule has 0 aliphatic rings. The third kappa shape index (κ3) is 4.31. The van der Waals surface area contributed by atoms with Crippen LogP contribution in [0.1, 0.15) is 12.5 Å². The molecule has 0 fully saturated rings. The number of nitrogens with zero attached hydrogens (tertiary/aromatic N) is 2. The number of ether oxygens (including phenoxy) is 2. The fourth-order valence-electron chi connectivity index (χ4n) is 2.67. The molecule has 0 radical (unpaired) electrons. The molecular weight excluding hydrogens is 340 g/mol. The van der Waals surface area contributed by atoms with E-state index in [1.807, 2.05) is 66.7 Å². The molecule has 1 aromatic heterocycles. The molecule has 5 heteroatoms. The molecule has 0 saturated carbocycles. The van der Waals surface area contributed by atoms with E-state index in [0.29, 0.717) is 11.3 Å². The molecule has 0 spiro atoms. The van der Waals surface area contributed by atoms with E-state index >= 15 is 0 Å². The predicted octanol–water partition coefficient (Wildman–Crippen LogP) is 4.23. The van der Waals surface area contributed by atoms with E-state index < -0.39 is 5.97 Å². The molecule has 0 amide bonds. The maximum atomic E-state index is 11.7. The molecule has 0 unspecified atom stereocenters. The summed E-state index contributed by atoms with van der Waals surface area (Å²) in [5.41, 5.74) is 3.40. The largest absolute Gasteiger partial charge is 0.465 e. The number of benzene rings is 2. The van der Waals surface area contributed by atoms with Crippen molar-refractivity contribution in [3.05, 3.63) is 72.3 Å². The van der Waals surface area contributed by atoms with Crippen LogP contribution < -0.4 is 4.74 Å². The normalized spacial score (nSPS) is 10.1. The number of hydrogen-bond donors (Lipinski definition) is 0. The second-order valence-electron chi connectivity index (χ2n) is 5.67. The van der Waals surface area contributed by atoms with E-state index in [2.05, 4.69) is 11.1 Å². The number of carbonyl (C=O) groups is 1. The average molecular weight is 358 g/mol. The lowest BCUT2D eigenvalue weighted by Gasteiger charge is -2.13. The van der Waals surface area contributed by atoms with Crippen LogP contribution in [0.5, 0.6) is 5.88 Å². The molecule has 0 bridgehead atoms. The summed E-state index contributed by atoms with van der Waals surface area (Å²) in [6.07, 6.45) is 0. The van der Waals surface area contributed by atoms with Crippen molar-refractivity contribution in [2.24, 2.45) is 0 Å². The van der Waals surface area contributed by atoms with Crippen LogP contribution in [-0.2, 0) is 9.53 Å². The highest BCUT2D eigenvalue weighted by Gasteiger charge is 2.17. The average Bonchev–Trinajstić information content (AvgIpc) is 2.73. The summed E-state index contributed by atoms with van der Waals surface area (Å²) >= 11 is 0. The minimum absolute atomic E-state index is 0.116. The Labute approximate surface area is 157 Å². The Morgan fingerprint density at radius 2 is 1.67 bits per heavy atom. The summed E-state index contributed by atoms with van der Waals surface area (Å²) in [4.78, 5) is 16.1. The number of rotatable bonds is 6. The molecule has 3 rings (SSSR count). The maximum Gasteiger partial charge on any atom is 0.344 e. The molecule has 134 valence electrons. The number of hydrogen-bond acceptors (Lipinski definition) is 5. The highest BCUT2D eigenvalue weighted by molar-refractivity contribution is 5.78. The van der Waals surface area contributed by atoms with E-state index in [4.69, 9.17) is 9.47 Å². The van der Waals surface area contributed by atoms with Crippen LogP contribution in [0.3, 0.4) is 0 Å². The van der Waals surface area contributed by atoms with Gasteiger partial charge in [-0.2, -0.15) is 5.26 Å². The summed E-state index contributed by atoms with van der Waals surface area (Å²) in [5, 5.41) is 9.70. The third-order valence-corrected chi connectivity index (χ3v) is 3.88. The molecule has 5 nitrogen and oxygen atoms in total. The van der Waals surface area contributed by atoms with E-state index in [1.54, 1.807) is 6.92 Å². The Hall–Kier alpha value is -3.65. The van der Waals surface area contributed by atoms with Crippen molar-refractivity contribution in [1.29, 1.82) is 5.26 Å². The number of nitriles is 1. The Bertz CT molecular complexity index is 964. The van der Waals surface area contributed by atoms with Crippen molar-refractivity contribution in [1.82, 2.24) is 4.98 Å². The van der Waals surface area contributed by atoms with Crippen LogP contribution in [0, 0.1) is 11.3 Å². The topological polar surface area (TPSA) is 72.2 Å². The van der Waals surface area contributed by atoms with Crippen LogP contribution in [0.15, 0.2) is 66.7 Å². The predicted molar refractivity (Wildman–Crippen MR) is 102 cm³/mol. The zero-order chi connectivity index (χ0) is 19.1. The van der Waals surface area contributed by atoms with Gasteiger partial charge in [0.25, 0.3) is 0 Å². The van der Waals surface area contributed by atoms with Crippen LogP contribution in [0.25, 0.3) is 22.4 Å². The van der Waals surface area contributed by atoms with E-state index in [1.165, 1.54) is 0 Å². The van der Waals surface area contributed by atoms with Gasteiger partial charge in [0.15, 0.2) is 6.61 Å². The molecular formula is C22H18N2O3. The molecule has 1 heterocycles. The van der Waals surface area contributed by atoms with Crippen LogP contribution in [0.4, 0.5) is 0 Å². The molecule has 3 aromatic rings. The standard InChI is InChI=1S/C22H18N2O3/c1-2-26-21(25)15-27-22-19(14-23)18(16-9-5-3-6-10-16)13-20(24-22)17-11-7-4-8-12-17/h3-13H,2,15H2,1H3. The lowest BCUT2D eigenvalue weighted by molar-refractivity contribution is -0.145. The van der Waals surface area contributed by atoms with Gasteiger partial charge >= 0.3 is 5.97 Å². The summed E-state index contributed by atoms with van der Waals surface area (Å²) in [6, 6.07) is 23.2. The first-order chi connectivity index (χ1) is 13.2. The first-order valence-electron chi connectivity index (χ1n) is 8.57. The Morgan fingerprint density at radius 3 is 2.26 bits per heavy atom. The van der Waals surface area contributed by atoms with Gasteiger partial charge in [0.05, 0.1) is 12.3 Å². The molecule has 0 N–H and O–H groups in total. The quantitative estimate of drug-likeness (QED) is 0.617. The van der Waals surface area contributed by atoms with Crippen molar-refractivity contribution < 1.29 is 14.3 Å². The number of pyridine rings is 1. The fourth-order valence-corrected chi connectivity index (χ4v) is 2.67. The first kappa shape index (κ1) is 18.2. The lowest BCUT2D eigenvalue weighted by Crippen LogP contribution is -2.16. The molecule has 0 aliphatic heterocycles. The zero-order valence-corrected chi connectivity index (χ0v) is 14.9. The lowest BCUT2D eigenvalue weighted by atomic mass is 9.99. The van der Waals surface area contributed by atoms with Gasteiger partial charge in [-0.3, -0.25) is 0 Å². The SMILES string of the molecule is CCOC(=O)COc1nc(-c2ccccc2)cc(-c2ccccc2)c1C#N. The fraction of sp³-hybridized carbons (Fsp3) is 0.136. The molecule has 0 aliphatic carbocycles. The van der Waals surface area contributed by atoms with E-state index in [9.17, 15) is 10.1 Å². The Balaban J connectivity index is 2.10. The summed E-state index contributed by atoms with van der Waals surface area (Å²) in [5.74, 6) is -0.389. The molecule has 0 saturated heterocycles. The first-order valence-corrected chi connectivity index (χ1v) is 8.57. The number of aromatic nitrogens is 1. The minimum Gasteiger partial charge on any atom is -0.465 e. The molecule has 27 heavy (non-hydrogen) atoms. The Kier molecular flexibility index (Phi) is 5.80. The van der Waals surface area contributed by atoms with Gasteiger partial charge in [0.2, 0.25) is 5.88 Å². The van der Waals surface area contributed by atoms with Crippen molar-refractivity contribution in [2.45, 2.75) is 6.92 Å². The smallest absolute Gasteiger partial charge is 0.344 e. The highest BCUT2D eigenvalue weighted by atomic mass is 16.6. The summed E-state index contributed by atoms with van der Waals surface area (Å²) in [7, 11) is 0. The van der Waals surface area contributed by atoms with E-state index in [0.717, 1.165) is 11.1 Å². The monoisotopic (exact) mass is 358 g/mol. The highest BCUT2D eigenvalue weighted by Crippen LogP contribution is 2.33. The van der Waals surface area contributed by atoms with Crippen molar-refractivity contribution >= 4 is 5.97 Å². The van der Waals surface area contributed by atoms with Gasteiger partial charge in [0.1, 0.15) is 11.6 Å². The van der Waals surface area contributed by atoms with Crippen LogP contribution >= 0.6 is 0 Å². The van der Waals surface area contributed by atoms with Gasteiger partial charge < -0.3 is 9.47 Å². The van der Waals surface area contributed by atoms with Gasteiger partial charge in [-0.15, -0.1) is 0 Å². The summed E-state index contributed by atoms with van der Waals surface area (Å²) < 4.78 is 10.5. The zero-order valence-electron chi connectivity index (χ0n) is 14.9. The van der Waals surface area contributed by atoms with Crippen molar-refractivity contribution in [3.63, 3.8) is 0 Å². The van der Waals surface area contributed by atoms with Crippen LogP contribution in [-0.4, -0.2) is 24.2 Å². The third-order valence-electron chi connectivity index (χ3n) is 3.88. The van der Waals surface area contributed by atoms with E-state index in [-0.39, 0.29) is 24.7 Å². The summed E-state index contributed by atoms with van der Waals surface area (Å²) in [6.45, 7) is 1.68.